The lowest BCUT2D eigenvalue weighted by atomic mass is 10.3. The summed E-state index contributed by atoms with van der Waals surface area (Å²) in [6, 6.07) is 5.90. The number of hydrogen-bond donors (Lipinski definition) is 1. The van der Waals surface area contributed by atoms with Crippen LogP contribution in [0.4, 0.5) is 5.69 Å². The number of ether oxygens (including phenoxy) is 1. The van der Waals surface area contributed by atoms with Crippen LogP contribution in [0.25, 0.3) is 0 Å². The van der Waals surface area contributed by atoms with Crippen LogP contribution in [-0.2, 0) is 0 Å². The second kappa shape index (κ2) is 3.40. The summed E-state index contributed by atoms with van der Waals surface area (Å²) in [5.74, 6) is 0.862. The van der Waals surface area contributed by atoms with E-state index >= 15 is 0 Å². The molecule has 1 unspecified atom stereocenters. The van der Waals surface area contributed by atoms with E-state index in [-0.39, 0.29) is 5.50 Å². The summed E-state index contributed by atoms with van der Waals surface area (Å²) >= 11 is 5.00. The van der Waals surface area contributed by atoms with Gasteiger partial charge in [0.05, 0.1) is 28.9 Å². The van der Waals surface area contributed by atoms with Crippen molar-refractivity contribution in [2.45, 2.75) is 10.4 Å². The molecule has 2 N–H and O–H groups in total. The first-order valence-electron chi connectivity index (χ1n) is 3.77. The molecule has 5 heteroatoms. The summed E-state index contributed by atoms with van der Waals surface area (Å²) in [5.41, 5.74) is 6.86. The highest BCUT2D eigenvalue weighted by molar-refractivity contribution is 9.10. The van der Waals surface area contributed by atoms with E-state index in [4.69, 9.17) is 10.5 Å². The summed E-state index contributed by atoms with van der Waals surface area (Å²) in [5, 5.41) is 0. The van der Waals surface area contributed by atoms with E-state index in [1.165, 1.54) is 0 Å². The van der Waals surface area contributed by atoms with Gasteiger partial charge in [0.1, 0.15) is 11.2 Å². The molecule has 0 bridgehead atoms. The van der Waals surface area contributed by atoms with Crippen molar-refractivity contribution in [3.63, 3.8) is 0 Å². The maximum absolute atomic E-state index is 5.82. The summed E-state index contributed by atoms with van der Waals surface area (Å²) in [6.45, 7) is 0. The van der Waals surface area contributed by atoms with Gasteiger partial charge in [-0.15, -0.1) is 0 Å². The molecule has 0 amide bonds. The zero-order chi connectivity index (χ0) is 9.42. The molecule has 1 heterocycles. The minimum Gasteiger partial charge on any atom is -0.497 e. The Hall–Kier alpha value is -0.390. The van der Waals surface area contributed by atoms with E-state index in [2.05, 4.69) is 16.1 Å². The minimum atomic E-state index is -0.0536. The molecule has 1 atom stereocenters. The number of nitrogens with zero attached hydrogens (tertiary/aromatic N) is 1. The Bertz CT molecular complexity index is 334. The lowest BCUT2D eigenvalue weighted by Crippen LogP contribution is -2.27. The summed E-state index contributed by atoms with van der Waals surface area (Å²) < 4.78 is 6.99. The van der Waals surface area contributed by atoms with Crippen molar-refractivity contribution in [1.82, 2.24) is 0 Å². The van der Waals surface area contributed by atoms with Crippen molar-refractivity contribution in [3.8, 4) is 5.75 Å². The number of methoxy groups -OCH3 is 1. The van der Waals surface area contributed by atoms with Crippen LogP contribution < -0.4 is 14.4 Å². The molecule has 0 saturated carbocycles. The molecule has 1 aromatic carbocycles. The van der Waals surface area contributed by atoms with Crippen molar-refractivity contribution in [2.24, 2.45) is 5.73 Å². The summed E-state index contributed by atoms with van der Waals surface area (Å²) in [6.07, 6.45) is 0. The number of rotatable bonds is 1. The van der Waals surface area contributed by atoms with E-state index in [0.717, 1.165) is 16.3 Å². The van der Waals surface area contributed by atoms with Crippen molar-refractivity contribution < 1.29 is 4.74 Å². The molecule has 0 radical (unpaired) electrons. The quantitative estimate of drug-likeness (QED) is 0.786. The highest BCUT2D eigenvalue weighted by atomic mass is 79.9. The van der Waals surface area contributed by atoms with Crippen LogP contribution in [0.5, 0.6) is 5.75 Å². The van der Waals surface area contributed by atoms with E-state index in [9.17, 15) is 0 Å². The van der Waals surface area contributed by atoms with Gasteiger partial charge in [-0.3, -0.25) is 3.93 Å². The molecule has 3 nitrogen and oxygen atoms in total. The van der Waals surface area contributed by atoms with E-state index < -0.39 is 0 Å². The topological polar surface area (TPSA) is 38.5 Å². The first-order chi connectivity index (χ1) is 6.22. The minimum absolute atomic E-state index is 0.0536. The Morgan fingerprint density at radius 2 is 2.38 bits per heavy atom. The van der Waals surface area contributed by atoms with Crippen molar-refractivity contribution in [2.75, 3.05) is 11.0 Å². The van der Waals surface area contributed by atoms with Crippen LogP contribution >= 0.6 is 27.9 Å². The molecule has 1 aromatic rings. The highest BCUT2D eigenvalue weighted by Gasteiger charge is 2.25. The molecule has 0 aromatic heterocycles. The average Bonchev–Trinajstić information content (AvgIpc) is 2.42. The van der Waals surface area contributed by atoms with Gasteiger partial charge < -0.3 is 10.5 Å². The van der Waals surface area contributed by atoms with Crippen LogP contribution in [0.15, 0.2) is 23.1 Å². The number of halogens is 1. The third-order valence-corrected chi connectivity index (χ3v) is 4.00. The van der Waals surface area contributed by atoms with Gasteiger partial charge >= 0.3 is 0 Å². The molecule has 0 spiro atoms. The van der Waals surface area contributed by atoms with Crippen LogP contribution in [0, 0.1) is 0 Å². The van der Waals surface area contributed by atoms with Gasteiger partial charge in [-0.2, -0.15) is 0 Å². The zero-order valence-corrected chi connectivity index (χ0v) is 9.43. The molecular formula is C8H9BrN2OS. The average molecular weight is 261 g/mol. The number of anilines is 1. The zero-order valence-electron chi connectivity index (χ0n) is 7.03. The molecule has 1 aliphatic rings. The highest BCUT2D eigenvalue weighted by Crippen LogP contribution is 2.44. The molecule has 70 valence electrons. The maximum Gasteiger partial charge on any atom is 0.140 e. The number of fused-ring (bicyclic) bond motifs is 1. The number of nitrogens with two attached hydrogens (primary N) is 1. The molecule has 2 rings (SSSR count). The number of benzene rings is 1. The Morgan fingerprint density at radius 3 is 3.08 bits per heavy atom. The van der Waals surface area contributed by atoms with E-state index in [0.29, 0.717) is 0 Å². The molecule has 13 heavy (non-hydrogen) atoms. The predicted octanol–water partition coefficient (Wildman–Crippen LogP) is 2.16. The SMILES string of the molecule is COc1ccc2c(c1)SC(N)N2Br. The van der Waals surface area contributed by atoms with Gasteiger partial charge in [0, 0.05) is 4.90 Å². The molecule has 0 aliphatic carbocycles. The van der Waals surface area contributed by atoms with E-state index in [1.54, 1.807) is 18.9 Å². The fourth-order valence-electron chi connectivity index (χ4n) is 1.21. The van der Waals surface area contributed by atoms with Crippen molar-refractivity contribution in [3.05, 3.63) is 18.2 Å². The fraction of sp³-hybridized carbons (Fsp3) is 0.250. The number of hydrogen-bond acceptors (Lipinski definition) is 4. The lowest BCUT2D eigenvalue weighted by Gasteiger charge is -2.13. The van der Waals surface area contributed by atoms with Gasteiger partial charge in [-0.1, -0.05) is 11.8 Å². The fourth-order valence-corrected chi connectivity index (χ4v) is 2.82. The van der Waals surface area contributed by atoms with Crippen molar-refractivity contribution >= 4 is 33.6 Å². The predicted molar refractivity (Wildman–Crippen MR) is 58.2 cm³/mol. The second-order valence-corrected chi connectivity index (χ2v) is 4.58. The van der Waals surface area contributed by atoms with Gasteiger partial charge in [0.15, 0.2) is 0 Å². The van der Waals surface area contributed by atoms with Gasteiger partial charge in [0.2, 0.25) is 0 Å². The first-order valence-corrected chi connectivity index (χ1v) is 5.36. The van der Waals surface area contributed by atoms with E-state index in [1.807, 2.05) is 22.1 Å². The third-order valence-electron chi connectivity index (χ3n) is 1.87. The van der Waals surface area contributed by atoms with Crippen LogP contribution in [-0.4, -0.2) is 12.6 Å². The molecular weight excluding hydrogens is 252 g/mol. The maximum atomic E-state index is 5.82. The normalized spacial score (nSPS) is 20.2. The summed E-state index contributed by atoms with van der Waals surface area (Å²) in [7, 11) is 1.66. The first kappa shape index (κ1) is 9.18. The Labute approximate surface area is 89.6 Å². The molecule has 1 aliphatic heterocycles. The van der Waals surface area contributed by atoms with Crippen LogP contribution in [0.1, 0.15) is 0 Å². The lowest BCUT2D eigenvalue weighted by molar-refractivity contribution is 0.414. The number of thioether (sulfide) groups is 1. The smallest absolute Gasteiger partial charge is 0.140 e. The summed E-state index contributed by atoms with van der Waals surface area (Å²) in [4.78, 5) is 1.14. The Morgan fingerprint density at radius 1 is 1.62 bits per heavy atom. The monoisotopic (exact) mass is 260 g/mol. The van der Waals surface area contributed by atoms with Crippen molar-refractivity contribution in [1.29, 1.82) is 0 Å². The molecule has 0 saturated heterocycles. The van der Waals surface area contributed by atoms with Crippen LogP contribution in [0.2, 0.25) is 0 Å². The van der Waals surface area contributed by atoms with Gasteiger partial charge in [0.25, 0.3) is 0 Å². The largest absolute Gasteiger partial charge is 0.497 e. The standard InChI is InChI=1S/C8H9BrN2OS/c1-12-5-2-3-6-7(4-5)13-8(10)11(6)9/h2-4,8H,10H2,1H3. The van der Waals surface area contributed by atoms with Crippen LogP contribution in [0.3, 0.4) is 0 Å². The Kier molecular flexibility index (Phi) is 2.40. The third kappa shape index (κ3) is 1.51. The Balaban J connectivity index is 2.40. The second-order valence-electron chi connectivity index (χ2n) is 2.65. The van der Waals surface area contributed by atoms with Gasteiger partial charge in [-0.25, -0.2) is 0 Å². The van der Waals surface area contributed by atoms with Gasteiger partial charge in [-0.05, 0) is 18.2 Å². The molecule has 0 fully saturated rings.